The minimum Gasteiger partial charge on any atom is -0.511 e. The Morgan fingerprint density at radius 2 is 1.58 bits per heavy atom. The molecule has 1 unspecified atom stereocenters. The zero-order chi connectivity index (χ0) is 43.6. The highest BCUT2D eigenvalue weighted by atomic mass is 16.5. The summed E-state index contributed by atoms with van der Waals surface area (Å²) in [5, 5.41) is 26.5. The first-order valence-electron chi connectivity index (χ1n) is 22.1. The molecule has 0 aromatic heterocycles. The van der Waals surface area contributed by atoms with Crippen LogP contribution in [0.1, 0.15) is 141 Å². The van der Waals surface area contributed by atoms with Crippen molar-refractivity contribution in [1.82, 2.24) is 5.32 Å². The van der Waals surface area contributed by atoms with Crippen molar-refractivity contribution in [3.8, 4) is 0 Å². The van der Waals surface area contributed by atoms with Gasteiger partial charge in [-0.2, -0.15) is 0 Å². The standard InChI is InChI=1S/C52H68N4O4/c1-13-36-43-27-44-39(28-52(10,11)12)33(7)40(53-44)26-45-48(35(9)57)34(8)42(54-45)25-41-32(6)37(50(55-41)38-24-46(58)49(36)51(38)56-43)20-21-47(59)60-23-22-31(5)19-15-18-30(4)17-14-16-29(2)3/h16,18,22,25-27,32,35,37,55,57-58H,13-15,17,19-21,23-24,28H2,1-12H3/b30-18+,31-22+,41-25?,44-27?,45-26?,50-38?/t32-,35?,37-/m0/s1. The van der Waals surface area contributed by atoms with Crippen LogP contribution >= 0.6 is 0 Å². The molecule has 0 aromatic rings. The van der Waals surface area contributed by atoms with Gasteiger partial charge < -0.3 is 20.3 Å². The van der Waals surface area contributed by atoms with Gasteiger partial charge in [-0.15, -0.1) is 0 Å². The van der Waals surface area contributed by atoms with E-state index in [9.17, 15) is 15.0 Å². The minimum atomic E-state index is -0.727. The number of carbonyl (C=O) groups excluding carboxylic acids is 1. The average molecular weight is 813 g/mol. The molecule has 1 aliphatic carbocycles. The van der Waals surface area contributed by atoms with E-state index in [-0.39, 0.29) is 36.2 Å². The molecule has 6 rings (SSSR count). The fourth-order valence-electron chi connectivity index (χ4n) is 9.16. The third kappa shape index (κ3) is 9.86. The van der Waals surface area contributed by atoms with Crippen molar-refractivity contribution < 1.29 is 19.7 Å². The Morgan fingerprint density at radius 1 is 0.917 bits per heavy atom. The maximum atomic E-state index is 13.3. The van der Waals surface area contributed by atoms with Crippen molar-refractivity contribution in [2.24, 2.45) is 32.2 Å². The number of aliphatic hydroxyl groups excluding tert-OH is 2. The number of nitrogens with zero attached hydrogens (tertiary/aromatic N) is 3. The number of rotatable bonds is 14. The van der Waals surface area contributed by atoms with Crippen molar-refractivity contribution in [1.29, 1.82) is 0 Å². The van der Waals surface area contributed by atoms with Gasteiger partial charge in [0.15, 0.2) is 0 Å². The van der Waals surface area contributed by atoms with Gasteiger partial charge in [0.25, 0.3) is 0 Å². The van der Waals surface area contributed by atoms with E-state index in [1.807, 2.05) is 19.1 Å². The SMILES string of the molecule is CCC1=C2C=C3N=C(C=C4N=C(C=C5NC(=C6CC(O)=C1C6=N2)[C@@H](CCC(=O)OC/C=C(\C)CC/C=C(\C)CCC=C(C)C)[C@@H]5C)C(C)=C4C(C)O)C(C)=C3CC(C)(C)C. The molecule has 1 saturated heterocycles. The van der Waals surface area contributed by atoms with Crippen LogP contribution in [0, 0.1) is 17.3 Å². The quantitative estimate of drug-likeness (QED) is 0.119. The molecule has 8 heteroatoms. The minimum absolute atomic E-state index is 0.00842. The molecule has 0 saturated carbocycles. The molecule has 0 radical (unpaired) electrons. The first kappa shape index (κ1) is 44.7. The molecule has 8 nitrogen and oxygen atoms in total. The molecule has 0 aromatic carbocycles. The van der Waals surface area contributed by atoms with Gasteiger partial charge in [0.1, 0.15) is 12.4 Å². The van der Waals surface area contributed by atoms with Crippen LogP contribution < -0.4 is 5.32 Å². The Labute approximate surface area is 359 Å². The highest BCUT2D eigenvalue weighted by Crippen LogP contribution is 2.47. The lowest BCUT2D eigenvalue weighted by Gasteiger charge is -2.20. The molecule has 0 amide bonds. The summed E-state index contributed by atoms with van der Waals surface area (Å²) in [5.74, 6) is 0.0603. The van der Waals surface area contributed by atoms with Gasteiger partial charge in [-0.3, -0.25) is 4.79 Å². The third-order valence-electron chi connectivity index (χ3n) is 12.5. The number of nitrogens with one attached hydrogen (secondary N) is 1. The third-order valence-corrected chi connectivity index (χ3v) is 12.5. The van der Waals surface area contributed by atoms with E-state index in [2.05, 4.69) is 98.9 Å². The number of carbonyl (C=O) groups is 1. The summed E-state index contributed by atoms with van der Waals surface area (Å²) in [7, 11) is 0. The predicted molar refractivity (Wildman–Crippen MR) is 248 cm³/mol. The maximum absolute atomic E-state index is 13.3. The molecule has 8 bridgehead atoms. The zero-order valence-corrected chi connectivity index (χ0v) is 38.3. The zero-order valence-electron chi connectivity index (χ0n) is 38.3. The van der Waals surface area contributed by atoms with Gasteiger partial charge in [-0.1, -0.05) is 63.5 Å². The van der Waals surface area contributed by atoms with Crippen molar-refractivity contribution in [2.45, 2.75) is 147 Å². The van der Waals surface area contributed by atoms with Crippen LogP contribution in [0.3, 0.4) is 0 Å². The second-order valence-electron chi connectivity index (χ2n) is 19.0. The molecular weight excluding hydrogens is 745 g/mol. The van der Waals surface area contributed by atoms with Crippen LogP contribution in [0.15, 0.2) is 141 Å². The van der Waals surface area contributed by atoms with E-state index in [0.717, 1.165) is 105 Å². The first-order valence-corrected chi connectivity index (χ1v) is 22.1. The molecule has 5 heterocycles. The average Bonchev–Trinajstić information content (AvgIpc) is 3.92. The lowest BCUT2D eigenvalue weighted by molar-refractivity contribution is -0.142. The monoisotopic (exact) mass is 813 g/mol. The molecule has 0 spiro atoms. The Balaban J connectivity index is 1.31. The Kier molecular flexibility index (Phi) is 13.7. The number of aliphatic imine (C=N–C) groups is 3. The number of allylic oxidation sites excluding steroid dienone is 16. The molecule has 1 fully saturated rings. The van der Waals surface area contributed by atoms with Crippen LogP contribution in [-0.4, -0.2) is 46.0 Å². The largest absolute Gasteiger partial charge is 0.511 e. The van der Waals surface area contributed by atoms with Gasteiger partial charge in [-0.05, 0) is 145 Å². The number of hydrogen-bond donors (Lipinski definition) is 3. The second kappa shape index (κ2) is 18.4. The summed E-state index contributed by atoms with van der Waals surface area (Å²) >= 11 is 0. The number of fused-ring (bicyclic) bond motifs is 5. The van der Waals surface area contributed by atoms with E-state index in [1.165, 1.54) is 22.3 Å². The molecule has 3 atom stereocenters. The van der Waals surface area contributed by atoms with Crippen molar-refractivity contribution >= 4 is 23.1 Å². The fraction of sp³-hybridized carbons (Fsp3) is 0.500. The predicted octanol–water partition coefficient (Wildman–Crippen LogP) is 12.2. The van der Waals surface area contributed by atoms with Crippen LogP contribution in [0.5, 0.6) is 0 Å². The smallest absolute Gasteiger partial charge is 0.306 e. The molecule has 3 N–H and O–H groups in total. The van der Waals surface area contributed by atoms with Crippen LogP contribution in [0.4, 0.5) is 0 Å². The van der Waals surface area contributed by atoms with Gasteiger partial charge in [0.05, 0.1) is 40.3 Å². The normalized spacial score (nSPS) is 22.3. The topological polar surface area (TPSA) is 116 Å². The van der Waals surface area contributed by atoms with Gasteiger partial charge >= 0.3 is 5.97 Å². The maximum Gasteiger partial charge on any atom is 0.306 e. The van der Waals surface area contributed by atoms with E-state index in [0.29, 0.717) is 30.7 Å². The molecular formula is C52H68N4O4. The Morgan fingerprint density at radius 3 is 2.25 bits per heavy atom. The summed E-state index contributed by atoms with van der Waals surface area (Å²) in [6.45, 7) is 25.8. The van der Waals surface area contributed by atoms with E-state index >= 15 is 0 Å². The highest BCUT2D eigenvalue weighted by molar-refractivity contribution is 6.21. The van der Waals surface area contributed by atoms with Crippen molar-refractivity contribution in [2.75, 3.05) is 6.61 Å². The van der Waals surface area contributed by atoms with Crippen LogP contribution in [0.25, 0.3) is 0 Å². The van der Waals surface area contributed by atoms with E-state index in [1.54, 1.807) is 6.92 Å². The lowest BCUT2D eigenvalue weighted by Crippen LogP contribution is -2.16. The van der Waals surface area contributed by atoms with Crippen molar-refractivity contribution in [3.05, 3.63) is 126 Å². The van der Waals surface area contributed by atoms with E-state index in [4.69, 9.17) is 19.7 Å². The molecule has 5 aliphatic heterocycles. The number of esters is 1. The summed E-state index contributed by atoms with van der Waals surface area (Å²) in [4.78, 5) is 29.0. The second-order valence-corrected chi connectivity index (χ2v) is 19.0. The van der Waals surface area contributed by atoms with E-state index < -0.39 is 6.10 Å². The first-order chi connectivity index (χ1) is 28.4. The van der Waals surface area contributed by atoms with Gasteiger partial charge in [0, 0.05) is 52.8 Å². The van der Waals surface area contributed by atoms with Crippen LogP contribution in [-0.2, 0) is 9.53 Å². The summed E-state index contributed by atoms with van der Waals surface area (Å²) in [5.41, 5.74) is 17.6. The van der Waals surface area contributed by atoms with Crippen molar-refractivity contribution in [3.63, 3.8) is 0 Å². The van der Waals surface area contributed by atoms with Gasteiger partial charge in [0.2, 0.25) is 0 Å². The molecule has 6 aliphatic rings. The molecule has 60 heavy (non-hydrogen) atoms. The van der Waals surface area contributed by atoms with Crippen LogP contribution in [0.2, 0.25) is 0 Å². The highest BCUT2D eigenvalue weighted by Gasteiger charge is 2.42. The Hall–Kier alpha value is -4.82. The summed E-state index contributed by atoms with van der Waals surface area (Å²) < 4.78 is 5.77. The fourth-order valence-corrected chi connectivity index (χ4v) is 9.16. The number of hydrogen-bond acceptors (Lipinski definition) is 8. The lowest BCUT2D eigenvalue weighted by atomic mass is 9.85. The molecule has 320 valence electrons. The van der Waals surface area contributed by atoms with Gasteiger partial charge in [-0.25, -0.2) is 15.0 Å². The Bertz CT molecular complexity index is 2270. The number of ether oxygens (including phenoxy) is 1. The number of aliphatic hydroxyl groups is 2. The summed E-state index contributed by atoms with van der Waals surface area (Å²) in [6.07, 6.45) is 18.9. The summed E-state index contributed by atoms with van der Waals surface area (Å²) in [6, 6.07) is 0.